The van der Waals surface area contributed by atoms with Crippen molar-refractivity contribution in [2.45, 2.75) is 18.2 Å². The summed E-state index contributed by atoms with van der Waals surface area (Å²) >= 11 is 3.97. The lowest BCUT2D eigenvalue weighted by molar-refractivity contribution is 0.385. The van der Waals surface area contributed by atoms with Gasteiger partial charge in [0.15, 0.2) is 11.6 Å². The Morgan fingerprint density at radius 2 is 2.32 bits per heavy atom. The maximum Gasteiger partial charge on any atom is 0.165 e. The van der Waals surface area contributed by atoms with Crippen LogP contribution in [0, 0.1) is 5.82 Å². The number of halogens is 1. The molecule has 2 rings (SSSR count). The van der Waals surface area contributed by atoms with E-state index in [0.29, 0.717) is 11.0 Å². The molecule has 1 N–H and O–H groups in total. The van der Waals surface area contributed by atoms with Gasteiger partial charge in [-0.2, -0.15) is 23.5 Å². The van der Waals surface area contributed by atoms with Crippen LogP contribution in [-0.2, 0) is 0 Å². The van der Waals surface area contributed by atoms with Crippen LogP contribution in [0.5, 0.6) is 5.75 Å². The summed E-state index contributed by atoms with van der Waals surface area (Å²) in [4.78, 5) is 0. The highest BCUT2D eigenvalue weighted by atomic mass is 32.2. The maximum absolute atomic E-state index is 13.9. The summed E-state index contributed by atoms with van der Waals surface area (Å²) in [5.74, 6) is 3.55. The van der Waals surface area contributed by atoms with Gasteiger partial charge in [0, 0.05) is 28.6 Å². The molecule has 0 bridgehead atoms. The molecule has 1 aliphatic rings. The Labute approximate surface area is 122 Å². The van der Waals surface area contributed by atoms with Gasteiger partial charge in [-0.05, 0) is 24.2 Å². The van der Waals surface area contributed by atoms with Gasteiger partial charge in [-0.25, -0.2) is 4.39 Å². The molecule has 106 valence electrons. The van der Waals surface area contributed by atoms with Gasteiger partial charge in [0.1, 0.15) is 0 Å². The topological polar surface area (TPSA) is 21.3 Å². The van der Waals surface area contributed by atoms with Crippen LogP contribution in [0.2, 0.25) is 0 Å². The number of benzene rings is 1. The fraction of sp³-hybridized carbons (Fsp3) is 0.571. The van der Waals surface area contributed by atoms with Crippen molar-refractivity contribution in [1.82, 2.24) is 5.32 Å². The van der Waals surface area contributed by atoms with E-state index in [1.54, 1.807) is 12.1 Å². The van der Waals surface area contributed by atoms with Crippen molar-refractivity contribution in [1.29, 1.82) is 0 Å². The molecule has 19 heavy (non-hydrogen) atoms. The molecule has 1 aromatic rings. The van der Waals surface area contributed by atoms with Crippen molar-refractivity contribution >= 4 is 23.5 Å². The van der Waals surface area contributed by atoms with Gasteiger partial charge in [-0.15, -0.1) is 0 Å². The van der Waals surface area contributed by atoms with E-state index < -0.39 is 0 Å². The Kier molecular flexibility index (Phi) is 5.85. The first-order valence-corrected chi connectivity index (χ1v) is 8.72. The zero-order chi connectivity index (χ0) is 13.7. The van der Waals surface area contributed by atoms with Crippen LogP contribution in [0.3, 0.4) is 0 Å². The third kappa shape index (κ3) is 3.80. The predicted octanol–water partition coefficient (Wildman–Crippen LogP) is 3.33. The zero-order valence-electron chi connectivity index (χ0n) is 11.3. The van der Waals surface area contributed by atoms with E-state index in [1.807, 2.05) is 29.6 Å². The Hall–Kier alpha value is -0.390. The highest BCUT2D eigenvalue weighted by Gasteiger charge is 2.26. The summed E-state index contributed by atoms with van der Waals surface area (Å²) < 4.78 is 18.8. The van der Waals surface area contributed by atoms with E-state index in [-0.39, 0.29) is 11.9 Å². The fourth-order valence-corrected chi connectivity index (χ4v) is 5.13. The first-order valence-electron chi connectivity index (χ1n) is 6.52. The van der Waals surface area contributed by atoms with E-state index in [4.69, 9.17) is 4.74 Å². The van der Waals surface area contributed by atoms with Crippen LogP contribution in [0.15, 0.2) is 18.2 Å². The summed E-state index contributed by atoms with van der Waals surface area (Å²) in [6.07, 6.45) is 0. The molecule has 1 aliphatic heterocycles. The van der Waals surface area contributed by atoms with Crippen LogP contribution < -0.4 is 10.1 Å². The predicted molar refractivity (Wildman–Crippen MR) is 82.9 cm³/mol. The maximum atomic E-state index is 13.9. The first-order chi connectivity index (χ1) is 9.26. The molecule has 0 radical (unpaired) electrons. The van der Waals surface area contributed by atoms with Gasteiger partial charge in [0.25, 0.3) is 0 Å². The molecule has 1 aromatic carbocycles. The van der Waals surface area contributed by atoms with Crippen molar-refractivity contribution in [2.24, 2.45) is 0 Å². The minimum Gasteiger partial charge on any atom is -0.494 e. The SMILES string of the molecule is CCNC(c1ccc(OC)c(F)c1)C1CSCCS1. The van der Waals surface area contributed by atoms with Crippen LogP contribution in [0.25, 0.3) is 0 Å². The minimum absolute atomic E-state index is 0.211. The molecule has 5 heteroatoms. The lowest BCUT2D eigenvalue weighted by Gasteiger charge is -2.30. The van der Waals surface area contributed by atoms with Crippen LogP contribution in [0.4, 0.5) is 4.39 Å². The highest BCUT2D eigenvalue weighted by molar-refractivity contribution is 8.06. The number of nitrogens with one attached hydrogen (secondary N) is 1. The lowest BCUT2D eigenvalue weighted by atomic mass is 10.0. The molecule has 0 amide bonds. The number of ether oxygens (including phenoxy) is 1. The molecule has 2 atom stereocenters. The van der Waals surface area contributed by atoms with Gasteiger partial charge in [0.2, 0.25) is 0 Å². The number of thioether (sulfide) groups is 2. The van der Waals surface area contributed by atoms with E-state index >= 15 is 0 Å². The fourth-order valence-electron chi connectivity index (χ4n) is 2.26. The van der Waals surface area contributed by atoms with E-state index in [9.17, 15) is 4.39 Å². The molecule has 2 unspecified atom stereocenters. The van der Waals surface area contributed by atoms with E-state index in [1.165, 1.54) is 18.6 Å². The van der Waals surface area contributed by atoms with Gasteiger partial charge < -0.3 is 10.1 Å². The summed E-state index contributed by atoms with van der Waals surface area (Å²) in [6, 6.07) is 5.50. The van der Waals surface area contributed by atoms with Crippen molar-refractivity contribution in [2.75, 3.05) is 30.9 Å². The molecule has 2 nitrogen and oxygen atoms in total. The molecule has 0 aromatic heterocycles. The first kappa shape index (κ1) is 15.0. The molecule has 0 spiro atoms. The largest absolute Gasteiger partial charge is 0.494 e. The van der Waals surface area contributed by atoms with E-state index in [0.717, 1.165) is 17.9 Å². The average molecular weight is 301 g/mol. The quantitative estimate of drug-likeness (QED) is 0.900. The second-order valence-electron chi connectivity index (χ2n) is 4.41. The van der Waals surface area contributed by atoms with Crippen molar-refractivity contribution in [3.05, 3.63) is 29.6 Å². The minimum atomic E-state index is -0.281. The number of hydrogen-bond acceptors (Lipinski definition) is 4. The number of hydrogen-bond donors (Lipinski definition) is 1. The van der Waals surface area contributed by atoms with E-state index in [2.05, 4.69) is 12.2 Å². The number of methoxy groups -OCH3 is 1. The molecular weight excluding hydrogens is 281 g/mol. The van der Waals surface area contributed by atoms with Crippen molar-refractivity contribution < 1.29 is 9.13 Å². The highest BCUT2D eigenvalue weighted by Crippen LogP contribution is 2.34. The summed E-state index contributed by atoms with van der Waals surface area (Å²) in [5, 5.41) is 4.00. The van der Waals surface area contributed by atoms with Crippen molar-refractivity contribution in [3.8, 4) is 5.75 Å². The van der Waals surface area contributed by atoms with Crippen LogP contribution >= 0.6 is 23.5 Å². The Morgan fingerprint density at radius 3 is 2.89 bits per heavy atom. The van der Waals surface area contributed by atoms with Crippen LogP contribution in [0.1, 0.15) is 18.5 Å². The van der Waals surface area contributed by atoms with Gasteiger partial charge >= 0.3 is 0 Å². The lowest BCUT2D eigenvalue weighted by Crippen LogP contribution is -2.33. The molecule has 1 saturated heterocycles. The van der Waals surface area contributed by atoms with Gasteiger partial charge in [-0.1, -0.05) is 13.0 Å². The zero-order valence-corrected chi connectivity index (χ0v) is 13.0. The normalized spacial score (nSPS) is 21.1. The molecule has 0 aliphatic carbocycles. The Bertz CT molecular complexity index is 410. The summed E-state index contributed by atoms with van der Waals surface area (Å²) in [5.41, 5.74) is 1.01. The second kappa shape index (κ2) is 7.41. The monoisotopic (exact) mass is 301 g/mol. The van der Waals surface area contributed by atoms with Crippen LogP contribution in [-0.4, -0.2) is 36.2 Å². The third-order valence-corrected chi connectivity index (χ3v) is 6.04. The smallest absolute Gasteiger partial charge is 0.165 e. The Morgan fingerprint density at radius 1 is 1.47 bits per heavy atom. The average Bonchev–Trinajstić information content (AvgIpc) is 2.45. The standard InChI is InChI=1S/C14H20FNOS2/c1-3-16-14(13-9-18-6-7-19-13)10-4-5-12(17-2)11(15)8-10/h4-5,8,13-14,16H,3,6-7,9H2,1-2H3. The second-order valence-corrected chi connectivity index (χ2v) is 6.91. The number of rotatable bonds is 5. The summed E-state index contributed by atoms with van der Waals surface area (Å²) in [7, 11) is 1.49. The molecule has 1 heterocycles. The molecular formula is C14H20FNOS2. The van der Waals surface area contributed by atoms with Crippen molar-refractivity contribution in [3.63, 3.8) is 0 Å². The van der Waals surface area contributed by atoms with Gasteiger partial charge in [0.05, 0.1) is 7.11 Å². The molecule has 1 fully saturated rings. The Balaban J connectivity index is 2.19. The summed E-state index contributed by atoms with van der Waals surface area (Å²) in [6.45, 7) is 2.98. The third-order valence-electron chi connectivity index (χ3n) is 3.17. The molecule has 0 saturated carbocycles. The van der Waals surface area contributed by atoms with Gasteiger partial charge in [-0.3, -0.25) is 0 Å².